The van der Waals surface area contributed by atoms with Crippen LogP contribution in [-0.2, 0) is 11.0 Å². The quantitative estimate of drug-likeness (QED) is 0.756. The number of amides is 2. The van der Waals surface area contributed by atoms with Crippen LogP contribution in [0.2, 0.25) is 0 Å². The molecule has 3 rings (SSSR count). The number of hydrogen-bond acceptors (Lipinski definition) is 2. The van der Waals surface area contributed by atoms with Gasteiger partial charge in [-0.2, -0.15) is 13.2 Å². The van der Waals surface area contributed by atoms with Gasteiger partial charge in [0.1, 0.15) is 11.6 Å². The number of hydrogen-bond donors (Lipinski definition) is 1. The van der Waals surface area contributed by atoms with Crippen LogP contribution in [0.3, 0.4) is 0 Å². The maximum Gasteiger partial charge on any atom is 0.416 e. The van der Waals surface area contributed by atoms with Gasteiger partial charge in [-0.15, -0.1) is 0 Å². The molecular weight excluding hydrogens is 395 g/mol. The predicted molar refractivity (Wildman–Crippen MR) is 95.1 cm³/mol. The van der Waals surface area contributed by atoms with Crippen molar-refractivity contribution < 1.29 is 31.5 Å². The number of benzene rings is 2. The fourth-order valence-corrected chi connectivity index (χ4v) is 3.21. The van der Waals surface area contributed by atoms with Crippen LogP contribution in [0.15, 0.2) is 42.5 Å². The Labute approximate surface area is 163 Å². The van der Waals surface area contributed by atoms with Crippen LogP contribution in [0.5, 0.6) is 0 Å². The first-order valence-electron chi connectivity index (χ1n) is 8.87. The Kier molecular flexibility index (Phi) is 5.86. The molecule has 1 heterocycles. The number of alkyl halides is 3. The molecule has 1 atom stereocenters. The predicted octanol–water partition coefficient (Wildman–Crippen LogP) is 4.47. The molecule has 1 aliphatic heterocycles. The molecule has 2 aromatic carbocycles. The third-order valence-electron chi connectivity index (χ3n) is 4.71. The van der Waals surface area contributed by atoms with Crippen LogP contribution in [0, 0.1) is 17.6 Å². The van der Waals surface area contributed by atoms with E-state index < -0.39 is 41.1 Å². The summed E-state index contributed by atoms with van der Waals surface area (Å²) in [5.41, 5.74) is -1.23. The number of nitrogens with one attached hydrogen (secondary N) is 1. The zero-order valence-corrected chi connectivity index (χ0v) is 15.1. The number of piperidine rings is 1. The first-order chi connectivity index (χ1) is 13.6. The lowest BCUT2D eigenvalue weighted by Gasteiger charge is -2.32. The molecule has 1 saturated heterocycles. The monoisotopic (exact) mass is 412 g/mol. The number of carbonyl (C=O) groups excluding carboxylic acids is 2. The molecular formula is C20H17F5N2O2. The summed E-state index contributed by atoms with van der Waals surface area (Å²) in [6.07, 6.45) is -3.67. The van der Waals surface area contributed by atoms with Crippen LogP contribution in [0.1, 0.15) is 28.8 Å². The van der Waals surface area contributed by atoms with E-state index >= 15 is 0 Å². The van der Waals surface area contributed by atoms with E-state index in [1.807, 2.05) is 0 Å². The average molecular weight is 412 g/mol. The van der Waals surface area contributed by atoms with Crippen molar-refractivity contribution in [2.24, 2.45) is 5.92 Å². The van der Waals surface area contributed by atoms with Crippen molar-refractivity contribution in [3.05, 3.63) is 65.2 Å². The minimum atomic E-state index is -4.57. The molecule has 0 aromatic heterocycles. The lowest BCUT2D eigenvalue weighted by atomic mass is 9.96. The van der Waals surface area contributed by atoms with Crippen molar-refractivity contribution in [3.8, 4) is 0 Å². The van der Waals surface area contributed by atoms with E-state index in [2.05, 4.69) is 5.32 Å². The second-order valence-electron chi connectivity index (χ2n) is 6.78. The molecule has 0 unspecified atom stereocenters. The third-order valence-corrected chi connectivity index (χ3v) is 4.71. The van der Waals surface area contributed by atoms with Crippen LogP contribution in [0.25, 0.3) is 0 Å². The first kappa shape index (κ1) is 20.8. The number of anilines is 1. The van der Waals surface area contributed by atoms with Crippen molar-refractivity contribution in [2.45, 2.75) is 19.0 Å². The zero-order valence-electron chi connectivity index (χ0n) is 15.1. The summed E-state index contributed by atoms with van der Waals surface area (Å²) in [6.45, 7) is 0.285. The smallest absolute Gasteiger partial charge is 0.338 e. The molecule has 0 saturated carbocycles. The highest BCUT2D eigenvalue weighted by Gasteiger charge is 2.33. The Balaban J connectivity index is 1.70. The second kappa shape index (κ2) is 8.18. The Morgan fingerprint density at radius 1 is 1.07 bits per heavy atom. The molecule has 0 spiro atoms. The fraction of sp³-hybridized carbons (Fsp3) is 0.300. The zero-order chi connectivity index (χ0) is 21.2. The van der Waals surface area contributed by atoms with Gasteiger partial charge in [0.2, 0.25) is 5.91 Å². The van der Waals surface area contributed by atoms with Gasteiger partial charge in [-0.05, 0) is 43.2 Å². The van der Waals surface area contributed by atoms with E-state index in [1.165, 1.54) is 11.0 Å². The van der Waals surface area contributed by atoms with Gasteiger partial charge in [0, 0.05) is 24.7 Å². The molecule has 1 fully saturated rings. The number of likely N-dealkylation sites (tertiary alicyclic amines) is 1. The van der Waals surface area contributed by atoms with Crippen LogP contribution >= 0.6 is 0 Å². The van der Waals surface area contributed by atoms with E-state index in [-0.39, 0.29) is 17.8 Å². The lowest BCUT2D eigenvalue weighted by Crippen LogP contribution is -2.43. The summed E-state index contributed by atoms with van der Waals surface area (Å²) in [5.74, 6) is -3.52. The summed E-state index contributed by atoms with van der Waals surface area (Å²) < 4.78 is 65.3. The molecule has 0 bridgehead atoms. The number of halogens is 5. The van der Waals surface area contributed by atoms with E-state index in [4.69, 9.17) is 0 Å². The van der Waals surface area contributed by atoms with Crippen molar-refractivity contribution >= 4 is 17.5 Å². The largest absolute Gasteiger partial charge is 0.416 e. The van der Waals surface area contributed by atoms with Crippen molar-refractivity contribution in [2.75, 3.05) is 18.4 Å². The lowest BCUT2D eigenvalue weighted by molar-refractivity contribution is -0.137. The topological polar surface area (TPSA) is 49.4 Å². The summed E-state index contributed by atoms with van der Waals surface area (Å²) in [7, 11) is 0. The standard InChI is InChI=1S/C20H17F5N2O2/c21-15-6-7-17(16(22)10-15)26-18(28)13-4-2-8-27(11-13)19(29)12-3-1-5-14(9-12)20(23,24)25/h1,3,5-7,9-10,13H,2,4,8,11H2,(H,26,28)/t13-/m1/s1. The maximum atomic E-state index is 13.7. The summed E-state index contributed by atoms with van der Waals surface area (Å²) in [6, 6.07) is 6.83. The van der Waals surface area contributed by atoms with E-state index in [0.29, 0.717) is 25.5 Å². The third kappa shape index (κ3) is 4.90. The van der Waals surface area contributed by atoms with Gasteiger partial charge in [-0.3, -0.25) is 9.59 Å². The fourth-order valence-electron chi connectivity index (χ4n) is 3.21. The number of carbonyl (C=O) groups is 2. The highest BCUT2D eigenvalue weighted by Crippen LogP contribution is 2.30. The van der Waals surface area contributed by atoms with Gasteiger partial charge in [-0.1, -0.05) is 6.07 Å². The van der Waals surface area contributed by atoms with Crippen molar-refractivity contribution in [3.63, 3.8) is 0 Å². The molecule has 0 radical (unpaired) electrons. The van der Waals surface area contributed by atoms with Gasteiger partial charge in [0.15, 0.2) is 0 Å². The highest BCUT2D eigenvalue weighted by molar-refractivity contribution is 5.96. The van der Waals surface area contributed by atoms with Gasteiger partial charge >= 0.3 is 6.18 Å². The van der Waals surface area contributed by atoms with Gasteiger partial charge in [0.05, 0.1) is 17.2 Å². The molecule has 0 aliphatic carbocycles. The second-order valence-corrected chi connectivity index (χ2v) is 6.78. The molecule has 29 heavy (non-hydrogen) atoms. The molecule has 2 aromatic rings. The van der Waals surface area contributed by atoms with Crippen LogP contribution in [0.4, 0.5) is 27.6 Å². The average Bonchev–Trinajstić information content (AvgIpc) is 2.69. The van der Waals surface area contributed by atoms with E-state index in [1.54, 1.807) is 0 Å². The molecule has 1 aliphatic rings. The van der Waals surface area contributed by atoms with Crippen LogP contribution in [-0.4, -0.2) is 29.8 Å². The number of nitrogens with zero attached hydrogens (tertiary/aromatic N) is 1. The normalized spacial score (nSPS) is 17.1. The number of rotatable bonds is 3. The molecule has 4 nitrogen and oxygen atoms in total. The van der Waals surface area contributed by atoms with Gasteiger partial charge in [0.25, 0.3) is 5.91 Å². The van der Waals surface area contributed by atoms with Crippen molar-refractivity contribution in [1.82, 2.24) is 4.90 Å². The Bertz CT molecular complexity index is 929. The van der Waals surface area contributed by atoms with Crippen LogP contribution < -0.4 is 5.32 Å². The summed E-state index contributed by atoms with van der Waals surface area (Å²) in [5, 5.41) is 2.37. The molecule has 9 heteroatoms. The Hall–Kier alpha value is -2.97. The molecule has 2 amide bonds. The Morgan fingerprint density at radius 2 is 1.83 bits per heavy atom. The molecule has 154 valence electrons. The van der Waals surface area contributed by atoms with Gasteiger partial charge in [-0.25, -0.2) is 8.78 Å². The summed E-state index contributed by atoms with van der Waals surface area (Å²) >= 11 is 0. The highest BCUT2D eigenvalue weighted by atomic mass is 19.4. The van der Waals surface area contributed by atoms with E-state index in [0.717, 1.165) is 30.3 Å². The maximum absolute atomic E-state index is 13.7. The first-order valence-corrected chi connectivity index (χ1v) is 8.87. The minimum Gasteiger partial charge on any atom is -0.338 e. The summed E-state index contributed by atoms with van der Waals surface area (Å²) in [4.78, 5) is 26.4. The Morgan fingerprint density at radius 3 is 2.52 bits per heavy atom. The van der Waals surface area contributed by atoms with E-state index in [9.17, 15) is 31.5 Å². The van der Waals surface area contributed by atoms with Gasteiger partial charge < -0.3 is 10.2 Å². The molecule has 1 N–H and O–H groups in total. The minimum absolute atomic E-state index is 0.0102. The SMILES string of the molecule is O=C(Nc1ccc(F)cc1F)[C@@H]1CCCN(C(=O)c2cccc(C(F)(F)F)c2)C1. The van der Waals surface area contributed by atoms with Crippen molar-refractivity contribution in [1.29, 1.82) is 0 Å².